The average Bonchev–Trinajstić information content (AvgIpc) is 3.40. The summed E-state index contributed by atoms with van der Waals surface area (Å²) in [7, 11) is 1.27. The van der Waals surface area contributed by atoms with E-state index in [0.717, 1.165) is 18.9 Å². The van der Waals surface area contributed by atoms with Crippen LogP contribution in [0.5, 0.6) is 0 Å². The van der Waals surface area contributed by atoms with Gasteiger partial charge in [0.05, 0.1) is 12.0 Å². The van der Waals surface area contributed by atoms with Crippen LogP contribution >= 0.6 is 0 Å². The molecule has 1 aromatic carbocycles. The van der Waals surface area contributed by atoms with Crippen molar-refractivity contribution in [1.82, 2.24) is 0 Å². The van der Waals surface area contributed by atoms with Crippen LogP contribution in [0.4, 0.5) is 11.4 Å². The number of esters is 1. The Morgan fingerprint density at radius 1 is 1.46 bits per heavy atom. The number of rotatable bonds is 10. The van der Waals surface area contributed by atoms with Crippen LogP contribution in [0.2, 0.25) is 0 Å². The third-order valence-electron chi connectivity index (χ3n) is 3.66. The molecule has 1 fully saturated rings. The lowest BCUT2D eigenvalue weighted by molar-refractivity contribution is -0.384. The number of hydrogen-bond acceptors (Lipinski definition) is 6. The van der Waals surface area contributed by atoms with Crippen molar-refractivity contribution in [2.45, 2.75) is 19.3 Å². The maximum absolute atomic E-state index is 11.2. The summed E-state index contributed by atoms with van der Waals surface area (Å²) in [5, 5.41) is 14.3. The Bertz CT molecular complexity index is 611. The van der Waals surface area contributed by atoms with Gasteiger partial charge in [0, 0.05) is 31.9 Å². The highest BCUT2D eigenvalue weighted by Gasteiger charge is 2.20. The fourth-order valence-electron chi connectivity index (χ4n) is 2.12. The number of carbonyl (C=O) groups excluding carboxylic acids is 1. The van der Waals surface area contributed by atoms with Crippen LogP contribution in [0, 0.1) is 16.0 Å². The highest BCUT2D eigenvalue weighted by atomic mass is 16.6. The van der Waals surface area contributed by atoms with Crippen molar-refractivity contribution >= 4 is 23.4 Å². The topological polar surface area (TPSA) is 90.7 Å². The third kappa shape index (κ3) is 6.00. The second kappa shape index (κ2) is 9.02. The summed E-state index contributed by atoms with van der Waals surface area (Å²) in [6.07, 6.45) is 6.02. The van der Waals surface area contributed by atoms with E-state index in [0.29, 0.717) is 24.4 Å². The van der Waals surface area contributed by atoms with Crippen molar-refractivity contribution in [2.24, 2.45) is 5.92 Å². The van der Waals surface area contributed by atoms with E-state index in [-0.39, 0.29) is 5.69 Å². The summed E-state index contributed by atoms with van der Waals surface area (Å²) in [6.45, 7) is 2.07. The second-order valence-electron chi connectivity index (χ2n) is 5.69. The number of benzene rings is 1. The van der Waals surface area contributed by atoms with Crippen LogP contribution in [-0.2, 0) is 14.3 Å². The number of nitro benzene ring substituents is 1. The van der Waals surface area contributed by atoms with E-state index < -0.39 is 10.9 Å². The lowest BCUT2D eigenvalue weighted by Gasteiger charge is -2.08. The fraction of sp³-hybridized carbons (Fsp3) is 0.471. The van der Waals surface area contributed by atoms with Crippen molar-refractivity contribution in [2.75, 3.05) is 32.2 Å². The molecule has 0 aliphatic heterocycles. The molecule has 0 bridgehead atoms. The molecule has 0 unspecified atom stereocenters. The molecule has 1 saturated carbocycles. The number of carbonyl (C=O) groups is 1. The smallest absolute Gasteiger partial charge is 0.330 e. The van der Waals surface area contributed by atoms with Crippen molar-refractivity contribution < 1.29 is 19.2 Å². The molecule has 1 aliphatic rings. The molecule has 0 saturated heterocycles. The molecule has 7 nitrogen and oxygen atoms in total. The number of methoxy groups -OCH3 is 1. The largest absolute Gasteiger partial charge is 0.466 e. The second-order valence-corrected chi connectivity index (χ2v) is 5.69. The van der Waals surface area contributed by atoms with Gasteiger partial charge in [0.1, 0.15) is 5.69 Å². The van der Waals surface area contributed by atoms with Crippen LogP contribution in [0.25, 0.3) is 6.08 Å². The van der Waals surface area contributed by atoms with E-state index in [1.165, 1.54) is 38.2 Å². The first-order valence-corrected chi connectivity index (χ1v) is 7.96. The standard InChI is InChI=1S/C17H22N2O5/c1-23-17(20)8-6-13-5-7-15(16(11-13)19(21)22)18-9-2-10-24-12-14-3-4-14/h5-8,11,14,18H,2-4,9-10,12H2,1H3/b8-6+. The zero-order valence-corrected chi connectivity index (χ0v) is 13.7. The Morgan fingerprint density at radius 2 is 2.25 bits per heavy atom. The number of nitrogens with one attached hydrogen (secondary N) is 1. The van der Waals surface area contributed by atoms with Gasteiger partial charge in [-0.1, -0.05) is 6.07 Å². The lowest BCUT2D eigenvalue weighted by Crippen LogP contribution is -2.08. The molecule has 0 atom stereocenters. The minimum Gasteiger partial charge on any atom is -0.466 e. The number of ether oxygens (including phenoxy) is 2. The minimum absolute atomic E-state index is 0.0269. The molecular weight excluding hydrogens is 312 g/mol. The van der Waals surface area contributed by atoms with Crippen LogP contribution in [-0.4, -0.2) is 37.8 Å². The van der Waals surface area contributed by atoms with Crippen molar-refractivity contribution in [3.05, 3.63) is 40.0 Å². The molecule has 24 heavy (non-hydrogen) atoms. The van der Waals surface area contributed by atoms with Crippen molar-refractivity contribution in [3.8, 4) is 0 Å². The van der Waals surface area contributed by atoms with Crippen LogP contribution in [0.15, 0.2) is 24.3 Å². The van der Waals surface area contributed by atoms with E-state index in [1.807, 2.05) is 0 Å². The molecule has 2 rings (SSSR count). The van der Waals surface area contributed by atoms with Gasteiger partial charge in [-0.05, 0) is 42.9 Å². The van der Waals surface area contributed by atoms with Gasteiger partial charge < -0.3 is 14.8 Å². The highest BCUT2D eigenvalue weighted by molar-refractivity contribution is 5.87. The van der Waals surface area contributed by atoms with Crippen LogP contribution < -0.4 is 5.32 Å². The first-order chi connectivity index (χ1) is 11.6. The molecule has 0 amide bonds. The summed E-state index contributed by atoms with van der Waals surface area (Å²) in [5.41, 5.74) is 0.990. The van der Waals surface area contributed by atoms with E-state index in [1.54, 1.807) is 12.1 Å². The van der Waals surface area contributed by atoms with Gasteiger partial charge in [-0.2, -0.15) is 0 Å². The molecule has 0 spiro atoms. The maximum Gasteiger partial charge on any atom is 0.330 e. The van der Waals surface area contributed by atoms with Crippen molar-refractivity contribution in [3.63, 3.8) is 0 Å². The fourth-order valence-corrected chi connectivity index (χ4v) is 2.12. The molecular formula is C17H22N2O5. The first kappa shape index (κ1) is 17.9. The van der Waals surface area contributed by atoms with E-state index in [9.17, 15) is 14.9 Å². The Balaban J connectivity index is 1.86. The quantitative estimate of drug-likeness (QED) is 0.232. The SMILES string of the molecule is COC(=O)/C=C/c1ccc(NCCCOCC2CC2)c([N+](=O)[O-])c1. The van der Waals surface area contributed by atoms with E-state index >= 15 is 0 Å². The highest BCUT2D eigenvalue weighted by Crippen LogP contribution is 2.29. The predicted octanol–water partition coefficient (Wildman–Crippen LogP) is 3.01. The Kier molecular flexibility index (Phi) is 6.74. The minimum atomic E-state index is -0.508. The summed E-state index contributed by atoms with van der Waals surface area (Å²) in [5.74, 6) is 0.232. The summed E-state index contributed by atoms with van der Waals surface area (Å²) < 4.78 is 10.0. The van der Waals surface area contributed by atoms with Gasteiger partial charge in [-0.3, -0.25) is 10.1 Å². The molecule has 7 heteroatoms. The molecule has 0 aromatic heterocycles. The van der Waals surface area contributed by atoms with Gasteiger partial charge in [-0.15, -0.1) is 0 Å². The Hall–Kier alpha value is -2.41. The first-order valence-electron chi connectivity index (χ1n) is 7.96. The maximum atomic E-state index is 11.2. The summed E-state index contributed by atoms with van der Waals surface area (Å²) in [4.78, 5) is 21.8. The number of hydrogen-bond donors (Lipinski definition) is 1. The molecule has 1 aliphatic carbocycles. The average molecular weight is 334 g/mol. The zero-order valence-electron chi connectivity index (χ0n) is 13.7. The number of nitro groups is 1. The van der Waals surface area contributed by atoms with Crippen LogP contribution in [0.3, 0.4) is 0 Å². The molecule has 0 radical (unpaired) electrons. The van der Waals surface area contributed by atoms with Crippen LogP contribution in [0.1, 0.15) is 24.8 Å². The molecule has 1 N–H and O–H groups in total. The lowest BCUT2D eigenvalue weighted by atomic mass is 10.1. The monoisotopic (exact) mass is 334 g/mol. The molecule has 130 valence electrons. The van der Waals surface area contributed by atoms with Crippen molar-refractivity contribution in [1.29, 1.82) is 0 Å². The molecule has 1 aromatic rings. The summed E-state index contributed by atoms with van der Waals surface area (Å²) in [6, 6.07) is 4.77. The number of nitrogens with zero attached hydrogens (tertiary/aromatic N) is 1. The van der Waals surface area contributed by atoms with Gasteiger partial charge in [0.2, 0.25) is 0 Å². The molecule has 0 heterocycles. The number of anilines is 1. The van der Waals surface area contributed by atoms with E-state index in [2.05, 4.69) is 10.1 Å². The summed E-state index contributed by atoms with van der Waals surface area (Å²) >= 11 is 0. The normalized spacial score (nSPS) is 13.9. The van der Waals surface area contributed by atoms with Gasteiger partial charge in [0.15, 0.2) is 0 Å². The third-order valence-corrected chi connectivity index (χ3v) is 3.66. The van der Waals surface area contributed by atoms with E-state index in [4.69, 9.17) is 4.74 Å². The Morgan fingerprint density at radius 3 is 2.92 bits per heavy atom. The van der Waals surface area contributed by atoms with Gasteiger partial charge >= 0.3 is 5.97 Å². The zero-order chi connectivity index (χ0) is 17.4. The Labute approximate surface area is 140 Å². The van der Waals surface area contributed by atoms with Gasteiger partial charge in [-0.25, -0.2) is 4.79 Å². The van der Waals surface area contributed by atoms with Gasteiger partial charge in [0.25, 0.3) is 5.69 Å². The predicted molar refractivity (Wildman–Crippen MR) is 90.8 cm³/mol.